The summed E-state index contributed by atoms with van der Waals surface area (Å²) in [5.74, 6) is 0.552. The molecule has 0 radical (unpaired) electrons. The predicted octanol–water partition coefficient (Wildman–Crippen LogP) is 5.06. The molecule has 1 saturated heterocycles. The number of benzene rings is 2. The lowest BCUT2D eigenvalue weighted by Crippen LogP contribution is -2.64. The fraction of sp³-hybridized carbons (Fsp3) is 0.375. The average molecular weight is 451 g/mol. The molecule has 1 heterocycles. The summed E-state index contributed by atoms with van der Waals surface area (Å²) >= 11 is 5.96. The maximum atomic E-state index is 13.1. The van der Waals surface area contributed by atoms with Gasteiger partial charge in [-0.25, -0.2) is 4.79 Å². The second-order valence-electron chi connectivity index (χ2n) is 8.22. The van der Waals surface area contributed by atoms with Crippen molar-refractivity contribution < 1.29 is 4.79 Å². The Morgan fingerprint density at radius 1 is 1.03 bits per heavy atom. The van der Waals surface area contributed by atoms with Gasteiger partial charge in [0, 0.05) is 29.5 Å². The Kier molecular flexibility index (Phi) is 6.81. The third kappa shape index (κ3) is 4.81. The van der Waals surface area contributed by atoms with Crippen LogP contribution in [0.25, 0.3) is 0 Å². The van der Waals surface area contributed by atoms with Crippen molar-refractivity contribution in [2.45, 2.75) is 44.7 Å². The molecule has 166 valence electrons. The SMILES string of the molecule is Cc1ccccc1N/C(=N/C#N)N1CCN(C(=O)Nc2ccc(Cl)cc2)[C@@H]2CCCC[C@H]21. The van der Waals surface area contributed by atoms with E-state index in [-0.39, 0.29) is 18.1 Å². The van der Waals surface area contributed by atoms with Crippen molar-refractivity contribution in [2.75, 3.05) is 23.7 Å². The number of aryl methyl sites for hydroxylation is 1. The molecule has 7 nitrogen and oxygen atoms in total. The number of urea groups is 1. The molecule has 0 bridgehead atoms. The number of para-hydroxylation sites is 1. The fourth-order valence-electron chi connectivity index (χ4n) is 4.65. The van der Waals surface area contributed by atoms with Crippen LogP contribution in [-0.2, 0) is 0 Å². The number of aliphatic imine (C=N–C) groups is 1. The number of carbonyl (C=O) groups is 1. The molecule has 2 aliphatic rings. The predicted molar refractivity (Wildman–Crippen MR) is 128 cm³/mol. The zero-order valence-corrected chi connectivity index (χ0v) is 18.8. The van der Waals surface area contributed by atoms with Crippen LogP contribution < -0.4 is 10.6 Å². The third-order valence-electron chi connectivity index (χ3n) is 6.25. The van der Waals surface area contributed by atoms with Gasteiger partial charge in [-0.3, -0.25) is 0 Å². The summed E-state index contributed by atoms with van der Waals surface area (Å²) in [6.45, 7) is 3.18. The van der Waals surface area contributed by atoms with E-state index in [0.29, 0.717) is 24.1 Å². The van der Waals surface area contributed by atoms with Crippen LogP contribution in [0.3, 0.4) is 0 Å². The maximum Gasteiger partial charge on any atom is 0.322 e. The lowest BCUT2D eigenvalue weighted by atomic mass is 9.86. The van der Waals surface area contributed by atoms with Gasteiger partial charge < -0.3 is 20.4 Å². The van der Waals surface area contributed by atoms with Crippen molar-refractivity contribution in [1.29, 1.82) is 5.26 Å². The highest BCUT2D eigenvalue weighted by Crippen LogP contribution is 2.31. The topological polar surface area (TPSA) is 83.8 Å². The molecule has 2 atom stereocenters. The minimum atomic E-state index is -0.102. The van der Waals surface area contributed by atoms with Gasteiger partial charge in [0.15, 0.2) is 0 Å². The molecule has 1 aliphatic heterocycles. The maximum absolute atomic E-state index is 13.1. The number of guanidine groups is 1. The Labute approximate surface area is 193 Å². The molecule has 2 fully saturated rings. The van der Waals surface area contributed by atoms with Gasteiger partial charge in [0.1, 0.15) is 0 Å². The van der Waals surface area contributed by atoms with Crippen molar-refractivity contribution in [3.05, 3.63) is 59.1 Å². The molecule has 1 aliphatic carbocycles. The second-order valence-corrected chi connectivity index (χ2v) is 8.65. The van der Waals surface area contributed by atoms with Crippen molar-refractivity contribution in [3.63, 3.8) is 0 Å². The van der Waals surface area contributed by atoms with Crippen LogP contribution in [0.15, 0.2) is 53.5 Å². The normalized spacial score (nSPS) is 20.8. The summed E-state index contributed by atoms with van der Waals surface area (Å²) in [5, 5.41) is 16.3. The molecule has 8 heteroatoms. The summed E-state index contributed by atoms with van der Waals surface area (Å²) in [5.41, 5.74) is 2.73. The third-order valence-corrected chi connectivity index (χ3v) is 6.50. The van der Waals surface area contributed by atoms with E-state index >= 15 is 0 Å². The highest BCUT2D eigenvalue weighted by atomic mass is 35.5. The highest BCUT2D eigenvalue weighted by molar-refractivity contribution is 6.30. The largest absolute Gasteiger partial charge is 0.335 e. The van der Waals surface area contributed by atoms with Gasteiger partial charge in [0.25, 0.3) is 0 Å². The first-order valence-electron chi connectivity index (χ1n) is 11.0. The first-order chi connectivity index (χ1) is 15.6. The number of carbonyl (C=O) groups excluding carboxylic acids is 1. The lowest BCUT2D eigenvalue weighted by molar-refractivity contribution is 0.0603. The molecular weight excluding hydrogens is 424 g/mol. The van der Waals surface area contributed by atoms with E-state index in [1.807, 2.05) is 42.3 Å². The number of amides is 2. The molecule has 2 N–H and O–H groups in total. The van der Waals surface area contributed by atoms with E-state index < -0.39 is 0 Å². The smallest absolute Gasteiger partial charge is 0.322 e. The monoisotopic (exact) mass is 450 g/mol. The minimum absolute atomic E-state index is 0.0624. The summed E-state index contributed by atoms with van der Waals surface area (Å²) in [6.07, 6.45) is 6.01. The highest BCUT2D eigenvalue weighted by Gasteiger charge is 2.41. The fourth-order valence-corrected chi connectivity index (χ4v) is 4.78. The zero-order chi connectivity index (χ0) is 22.5. The van der Waals surface area contributed by atoms with Crippen molar-refractivity contribution in [1.82, 2.24) is 9.80 Å². The summed E-state index contributed by atoms with van der Waals surface area (Å²) in [4.78, 5) is 21.3. The Balaban J connectivity index is 1.53. The summed E-state index contributed by atoms with van der Waals surface area (Å²) in [6, 6.07) is 15.2. The van der Waals surface area contributed by atoms with E-state index in [0.717, 1.165) is 42.6 Å². The van der Waals surface area contributed by atoms with E-state index in [1.165, 1.54) is 0 Å². The van der Waals surface area contributed by atoms with Crippen LogP contribution in [0, 0.1) is 18.4 Å². The second kappa shape index (κ2) is 9.92. The van der Waals surface area contributed by atoms with Gasteiger partial charge in [0.05, 0.1) is 12.1 Å². The molecule has 2 aromatic carbocycles. The molecule has 0 aromatic heterocycles. The van der Waals surface area contributed by atoms with Gasteiger partial charge in [-0.05, 0) is 55.7 Å². The summed E-state index contributed by atoms with van der Waals surface area (Å²) in [7, 11) is 0. The van der Waals surface area contributed by atoms with Crippen molar-refractivity contribution in [2.24, 2.45) is 4.99 Å². The zero-order valence-electron chi connectivity index (χ0n) is 18.1. The molecule has 2 aromatic rings. The van der Waals surface area contributed by atoms with E-state index in [4.69, 9.17) is 11.6 Å². The summed E-state index contributed by atoms with van der Waals surface area (Å²) < 4.78 is 0. The number of nitrogens with zero attached hydrogens (tertiary/aromatic N) is 4. The van der Waals surface area contributed by atoms with Gasteiger partial charge in [-0.2, -0.15) is 5.26 Å². The molecular formula is C24H27ClN6O. The number of nitriles is 1. The molecule has 0 spiro atoms. The van der Waals surface area contributed by atoms with Gasteiger partial charge in [-0.15, -0.1) is 4.99 Å². The molecule has 0 unspecified atom stereocenters. The number of piperazine rings is 1. The number of hydrogen-bond acceptors (Lipinski definition) is 3. The van der Waals surface area contributed by atoms with Crippen LogP contribution >= 0.6 is 11.6 Å². The molecule has 1 saturated carbocycles. The standard InChI is InChI=1S/C24H27ClN6O/c1-17-6-2-3-7-20(17)29-23(27-16-26)30-14-15-31(22-9-5-4-8-21(22)30)24(32)28-19-12-10-18(25)11-13-19/h2-3,6-7,10-13,21-22H,4-5,8-9,14-15H2,1H3,(H,27,29)(H,28,32)/t21-,22-/m1/s1. The van der Waals surface area contributed by atoms with Crippen LogP contribution in [0.2, 0.25) is 5.02 Å². The van der Waals surface area contributed by atoms with Gasteiger partial charge in [0.2, 0.25) is 12.2 Å². The van der Waals surface area contributed by atoms with Gasteiger partial charge in [-0.1, -0.05) is 42.6 Å². The number of rotatable bonds is 2. The van der Waals surface area contributed by atoms with Crippen LogP contribution in [0.1, 0.15) is 31.2 Å². The Bertz CT molecular complexity index is 1030. The number of halogens is 1. The number of fused-ring (bicyclic) bond motifs is 1. The minimum Gasteiger partial charge on any atom is -0.335 e. The Morgan fingerprint density at radius 3 is 2.38 bits per heavy atom. The Morgan fingerprint density at radius 2 is 1.69 bits per heavy atom. The van der Waals surface area contributed by atoms with Crippen molar-refractivity contribution in [3.8, 4) is 6.19 Å². The van der Waals surface area contributed by atoms with Crippen LogP contribution in [0.4, 0.5) is 16.2 Å². The van der Waals surface area contributed by atoms with Crippen LogP contribution in [0.5, 0.6) is 0 Å². The number of nitrogens with one attached hydrogen (secondary N) is 2. The van der Waals surface area contributed by atoms with Crippen LogP contribution in [-0.4, -0.2) is 47.0 Å². The van der Waals surface area contributed by atoms with Crippen molar-refractivity contribution >= 4 is 35.0 Å². The number of hydrogen-bond donors (Lipinski definition) is 2. The average Bonchev–Trinajstić information content (AvgIpc) is 2.81. The van der Waals surface area contributed by atoms with E-state index in [1.54, 1.807) is 24.3 Å². The van der Waals surface area contributed by atoms with E-state index in [2.05, 4.69) is 20.5 Å². The lowest BCUT2D eigenvalue weighted by Gasteiger charge is -2.50. The first kappa shape index (κ1) is 22.0. The van der Waals surface area contributed by atoms with Gasteiger partial charge >= 0.3 is 6.03 Å². The quantitative estimate of drug-likeness (QED) is 0.380. The first-order valence-corrected chi connectivity index (χ1v) is 11.3. The molecule has 32 heavy (non-hydrogen) atoms. The molecule has 4 rings (SSSR count). The van der Waals surface area contributed by atoms with E-state index in [9.17, 15) is 10.1 Å². The Hall–Kier alpha value is -3.24. The number of anilines is 2. The molecule has 2 amide bonds.